The van der Waals surface area contributed by atoms with Crippen LogP contribution in [0.2, 0.25) is 0 Å². The maximum absolute atomic E-state index is 12.8. The van der Waals surface area contributed by atoms with Crippen LogP contribution in [0.1, 0.15) is 38.6 Å². The number of likely N-dealkylation sites (tertiary alicyclic amines) is 1. The minimum atomic E-state index is -0.981. The number of amides is 4. The molecule has 4 heterocycles. The maximum Gasteiger partial charge on any atom is 0.325 e. The number of hydrogen-bond acceptors (Lipinski definition) is 5. The van der Waals surface area contributed by atoms with Crippen LogP contribution in [0.5, 0.6) is 0 Å². The van der Waals surface area contributed by atoms with Gasteiger partial charge < -0.3 is 10.2 Å². The van der Waals surface area contributed by atoms with Crippen molar-refractivity contribution in [3.63, 3.8) is 0 Å². The van der Waals surface area contributed by atoms with Gasteiger partial charge in [-0.25, -0.2) is 4.79 Å². The minimum absolute atomic E-state index is 0.214. The van der Waals surface area contributed by atoms with Gasteiger partial charge in [-0.3, -0.25) is 18.9 Å². The van der Waals surface area contributed by atoms with E-state index in [-0.39, 0.29) is 24.4 Å². The second-order valence-corrected chi connectivity index (χ2v) is 7.18. The lowest BCUT2D eigenvalue weighted by atomic mass is 10.1. The van der Waals surface area contributed by atoms with Crippen LogP contribution in [0, 0.1) is 0 Å². The Morgan fingerprint density at radius 2 is 2.12 bits per heavy atom. The van der Waals surface area contributed by atoms with E-state index in [2.05, 4.69) is 15.5 Å². The highest BCUT2D eigenvalue weighted by Gasteiger charge is 2.46. The summed E-state index contributed by atoms with van der Waals surface area (Å²) in [5.41, 5.74) is -0.261. The number of nitrogens with one attached hydrogen (secondary N) is 1. The molecule has 4 rings (SSSR count). The fourth-order valence-corrected chi connectivity index (χ4v) is 3.61. The molecule has 0 aliphatic carbocycles. The van der Waals surface area contributed by atoms with Crippen LogP contribution in [0.25, 0.3) is 5.65 Å². The zero-order valence-electron chi connectivity index (χ0n) is 14.7. The molecule has 2 aromatic rings. The molecule has 2 saturated heterocycles. The largest absolute Gasteiger partial charge is 0.331 e. The molecule has 26 heavy (non-hydrogen) atoms. The molecule has 136 valence electrons. The van der Waals surface area contributed by atoms with E-state index in [1.807, 2.05) is 28.8 Å². The van der Waals surface area contributed by atoms with Crippen molar-refractivity contribution in [1.82, 2.24) is 29.7 Å². The highest BCUT2D eigenvalue weighted by atomic mass is 16.2. The van der Waals surface area contributed by atoms with Gasteiger partial charge in [0.1, 0.15) is 12.1 Å². The van der Waals surface area contributed by atoms with Crippen molar-refractivity contribution < 1.29 is 14.4 Å². The van der Waals surface area contributed by atoms with Crippen LogP contribution in [-0.4, -0.2) is 60.9 Å². The lowest BCUT2D eigenvalue weighted by Gasteiger charge is -2.25. The summed E-state index contributed by atoms with van der Waals surface area (Å²) in [6, 6.07) is 4.87. The van der Waals surface area contributed by atoms with Gasteiger partial charge in [-0.05, 0) is 38.8 Å². The van der Waals surface area contributed by atoms with E-state index in [9.17, 15) is 14.4 Å². The Bertz CT molecular complexity index is 905. The number of fused-ring (bicyclic) bond motifs is 1. The van der Waals surface area contributed by atoms with Gasteiger partial charge in [0.05, 0.1) is 6.04 Å². The van der Waals surface area contributed by atoms with Crippen molar-refractivity contribution in [2.45, 2.75) is 38.3 Å². The summed E-state index contributed by atoms with van der Waals surface area (Å²) < 4.78 is 1.87. The summed E-state index contributed by atoms with van der Waals surface area (Å²) >= 11 is 0. The average Bonchev–Trinajstić information content (AvgIpc) is 3.28. The second-order valence-electron chi connectivity index (χ2n) is 7.18. The molecular weight excluding hydrogens is 336 g/mol. The molecule has 2 aliphatic rings. The van der Waals surface area contributed by atoms with Crippen LogP contribution in [0.3, 0.4) is 0 Å². The molecule has 0 aromatic carbocycles. The number of pyridine rings is 1. The second kappa shape index (κ2) is 5.79. The van der Waals surface area contributed by atoms with Gasteiger partial charge in [0.15, 0.2) is 11.5 Å². The molecule has 1 N–H and O–H groups in total. The van der Waals surface area contributed by atoms with E-state index in [0.29, 0.717) is 12.4 Å². The Morgan fingerprint density at radius 1 is 1.31 bits per heavy atom. The smallest absolute Gasteiger partial charge is 0.325 e. The molecule has 0 bridgehead atoms. The van der Waals surface area contributed by atoms with Crippen molar-refractivity contribution in [2.75, 3.05) is 13.1 Å². The van der Waals surface area contributed by atoms with Crippen molar-refractivity contribution in [3.8, 4) is 0 Å². The zero-order valence-corrected chi connectivity index (χ0v) is 14.7. The van der Waals surface area contributed by atoms with Gasteiger partial charge in [0.2, 0.25) is 5.91 Å². The number of aromatic nitrogens is 3. The monoisotopic (exact) mass is 356 g/mol. The van der Waals surface area contributed by atoms with Crippen molar-refractivity contribution >= 4 is 23.5 Å². The topological polar surface area (TPSA) is 99.9 Å². The summed E-state index contributed by atoms with van der Waals surface area (Å²) in [6.07, 6.45) is 3.47. The number of nitrogens with zero attached hydrogens (tertiary/aromatic N) is 5. The van der Waals surface area contributed by atoms with Gasteiger partial charge in [-0.1, -0.05) is 6.07 Å². The van der Waals surface area contributed by atoms with Gasteiger partial charge in [-0.15, -0.1) is 10.2 Å². The molecule has 0 unspecified atom stereocenters. The Hall–Kier alpha value is -2.97. The van der Waals surface area contributed by atoms with Gasteiger partial charge in [0.25, 0.3) is 5.91 Å². The predicted octanol–water partition coefficient (Wildman–Crippen LogP) is 0.723. The fourth-order valence-electron chi connectivity index (χ4n) is 3.61. The molecule has 0 radical (unpaired) electrons. The van der Waals surface area contributed by atoms with E-state index in [1.54, 1.807) is 18.7 Å². The van der Waals surface area contributed by atoms with Gasteiger partial charge in [0, 0.05) is 12.7 Å². The van der Waals surface area contributed by atoms with Crippen LogP contribution < -0.4 is 5.32 Å². The molecule has 2 aromatic heterocycles. The first-order valence-electron chi connectivity index (χ1n) is 8.62. The lowest BCUT2D eigenvalue weighted by Crippen LogP contribution is -2.44. The quantitative estimate of drug-likeness (QED) is 0.817. The molecule has 0 spiro atoms. The summed E-state index contributed by atoms with van der Waals surface area (Å²) in [7, 11) is 0. The van der Waals surface area contributed by atoms with Gasteiger partial charge >= 0.3 is 6.03 Å². The van der Waals surface area contributed by atoms with E-state index in [0.717, 1.165) is 23.4 Å². The Kier molecular flexibility index (Phi) is 3.67. The average molecular weight is 356 g/mol. The Balaban J connectivity index is 1.56. The highest BCUT2D eigenvalue weighted by molar-refractivity contribution is 6.08. The van der Waals surface area contributed by atoms with E-state index in [4.69, 9.17) is 0 Å². The van der Waals surface area contributed by atoms with E-state index < -0.39 is 11.6 Å². The number of carbonyl (C=O) groups is 3. The van der Waals surface area contributed by atoms with Crippen LogP contribution in [-0.2, 0) is 9.59 Å². The van der Waals surface area contributed by atoms with Gasteiger partial charge in [-0.2, -0.15) is 0 Å². The lowest BCUT2D eigenvalue weighted by molar-refractivity contribution is -0.139. The van der Waals surface area contributed by atoms with E-state index >= 15 is 0 Å². The molecular formula is C17H20N6O3. The normalized spacial score (nSPS) is 22.3. The maximum atomic E-state index is 12.8. The molecule has 2 fully saturated rings. The third-order valence-electron chi connectivity index (χ3n) is 4.95. The highest BCUT2D eigenvalue weighted by Crippen LogP contribution is 2.31. The number of urea groups is 1. The fraction of sp³-hybridized carbons (Fsp3) is 0.471. The van der Waals surface area contributed by atoms with E-state index in [1.165, 1.54) is 0 Å². The number of rotatable bonds is 3. The Labute approximate surface area is 150 Å². The van der Waals surface area contributed by atoms with Crippen LogP contribution >= 0.6 is 0 Å². The molecule has 9 nitrogen and oxygen atoms in total. The zero-order chi connectivity index (χ0) is 18.5. The molecule has 4 amide bonds. The van der Waals surface area contributed by atoms with Crippen molar-refractivity contribution in [1.29, 1.82) is 0 Å². The molecule has 9 heteroatoms. The standard InChI is InChI=1S/C17H20N6O3/c1-17(2)15(25)23(16(26)18-17)10-13(24)21-9-5-6-11(21)14-20-19-12-7-3-4-8-22(12)14/h3-4,7-8,11H,5-6,9-10H2,1-2H3,(H,18,26)/t11-/m0/s1. The number of imide groups is 1. The third kappa shape index (κ3) is 2.51. The molecule has 0 saturated carbocycles. The van der Waals surface area contributed by atoms with Crippen LogP contribution in [0.4, 0.5) is 4.79 Å². The van der Waals surface area contributed by atoms with Crippen molar-refractivity contribution in [3.05, 3.63) is 30.2 Å². The number of carbonyl (C=O) groups excluding carboxylic acids is 3. The molecule has 1 atom stereocenters. The molecule has 2 aliphatic heterocycles. The predicted molar refractivity (Wildman–Crippen MR) is 91.0 cm³/mol. The van der Waals surface area contributed by atoms with Crippen molar-refractivity contribution in [2.24, 2.45) is 0 Å². The third-order valence-corrected chi connectivity index (χ3v) is 4.95. The first-order valence-corrected chi connectivity index (χ1v) is 8.62. The summed E-state index contributed by atoms with van der Waals surface area (Å²) in [4.78, 5) is 39.9. The minimum Gasteiger partial charge on any atom is -0.331 e. The van der Waals surface area contributed by atoms with Crippen LogP contribution in [0.15, 0.2) is 24.4 Å². The summed E-state index contributed by atoms with van der Waals surface area (Å²) in [5.74, 6) is 0.0462. The first-order chi connectivity index (χ1) is 12.4. The number of hydrogen-bond donors (Lipinski definition) is 1. The Morgan fingerprint density at radius 3 is 2.85 bits per heavy atom. The summed E-state index contributed by atoms with van der Waals surface area (Å²) in [5, 5.41) is 11.0. The SMILES string of the molecule is CC1(C)NC(=O)N(CC(=O)N2CCC[C@H]2c2nnc3ccccn23)C1=O. The summed E-state index contributed by atoms with van der Waals surface area (Å²) in [6.45, 7) is 3.55. The first kappa shape index (κ1) is 16.5.